The Morgan fingerprint density at radius 1 is 1.19 bits per heavy atom. The molecule has 0 aliphatic rings. The molecule has 2 rings (SSSR count). The topological polar surface area (TPSA) is 70.9 Å². The average molecular weight is 284 g/mol. The number of aliphatic hydroxyl groups is 1. The minimum Gasteiger partial charge on any atom is -0.497 e. The molecule has 0 saturated carbocycles. The van der Waals surface area contributed by atoms with Crippen molar-refractivity contribution in [2.75, 3.05) is 7.11 Å². The number of ether oxygens (including phenoxy) is 1. The van der Waals surface area contributed by atoms with E-state index in [1.165, 1.54) is 6.21 Å². The molecule has 2 aromatic rings. The lowest BCUT2D eigenvalue weighted by Crippen LogP contribution is -2.25. The first-order chi connectivity index (χ1) is 10.2. The van der Waals surface area contributed by atoms with E-state index in [0.29, 0.717) is 5.56 Å². The monoisotopic (exact) mass is 284 g/mol. The second kappa shape index (κ2) is 7.21. The van der Waals surface area contributed by atoms with Gasteiger partial charge in [-0.05, 0) is 35.4 Å². The van der Waals surface area contributed by atoms with Gasteiger partial charge in [0.1, 0.15) is 5.75 Å². The van der Waals surface area contributed by atoms with Crippen molar-refractivity contribution < 1.29 is 14.6 Å². The Morgan fingerprint density at radius 3 is 2.48 bits per heavy atom. The molecule has 0 fully saturated rings. The van der Waals surface area contributed by atoms with Crippen LogP contribution in [0.1, 0.15) is 17.2 Å². The van der Waals surface area contributed by atoms with Crippen LogP contribution in [-0.4, -0.2) is 24.3 Å². The Balaban J connectivity index is 1.92. The van der Waals surface area contributed by atoms with Crippen molar-refractivity contribution in [3.63, 3.8) is 0 Å². The lowest BCUT2D eigenvalue weighted by molar-refractivity contribution is -0.129. The summed E-state index contributed by atoms with van der Waals surface area (Å²) in [5.74, 6) is 0.168. The van der Waals surface area contributed by atoms with Gasteiger partial charge < -0.3 is 9.84 Å². The highest BCUT2D eigenvalue weighted by molar-refractivity contribution is 5.85. The number of hydrogen-bond acceptors (Lipinski definition) is 4. The number of hydrazone groups is 1. The summed E-state index contributed by atoms with van der Waals surface area (Å²) in [4.78, 5) is 11.7. The number of nitrogens with zero attached hydrogens (tertiary/aromatic N) is 1. The molecule has 0 aromatic heterocycles. The van der Waals surface area contributed by atoms with E-state index >= 15 is 0 Å². The highest BCUT2D eigenvalue weighted by atomic mass is 16.5. The number of amides is 1. The molecule has 21 heavy (non-hydrogen) atoms. The van der Waals surface area contributed by atoms with Gasteiger partial charge in [-0.1, -0.05) is 30.3 Å². The number of rotatable bonds is 5. The second-order valence-corrected chi connectivity index (χ2v) is 4.32. The quantitative estimate of drug-likeness (QED) is 0.650. The minimum atomic E-state index is -1.24. The number of methoxy groups -OCH3 is 1. The number of carbonyl (C=O) groups is 1. The molecule has 0 heterocycles. The third-order valence-corrected chi connectivity index (χ3v) is 2.87. The van der Waals surface area contributed by atoms with Crippen molar-refractivity contribution in [1.82, 2.24) is 5.43 Å². The first kappa shape index (κ1) is 14.7. The molecule has 0 aliphatic heterocycles. The van der Waals surface area contributed by atoms with Crippen molar-refractivity contribution in [2.24, 2.45) is 5.10 Å². The van der Waals surface area contributed by atoms with Crippen molar-refractivity contribution in [3.8, 4) is 5.75 Å². The molecule has 0 radical (unpaired) electrons. The summed E-state index contributed by atoms with van der Waals surface area (Å²) in [6.45, 7) is 0. The molecular formula is C16H16N2O3. The molecule has 0 spiro atoms. The number of aliphatic hydroxyl groups excluding tert-OH is 1. The zero-order valence-corrected chi connectivity index (χ0v) is 11.6. The normalized spacial score (nSPS) is 12.1. The Hall–Kier alpha value is -2.66. The predicted molar refractivity (Wildman–Crippen MR) is 80.1 cm³/mol. The van der Waals surface area contributed by atoms with Gasteiger partial charge in [-0.15, -0.1) is 0 Å². The summed E-state index contributed by atoms with van der Waals surface area (Å²) in [5.41, 5.74) is 3.64. The van der Waals surface area contributed by atoms with E-state index < -0.39 is 12.0 Å². The summed E-state index contributed by atoms with van der Waals surface area (Å²) < 4.78 is 5.05. The van der Waals surface area contributed by atoms with Crippen molar-refractivity contribution >= 4 is 12.1 Å². The van der Waals surface area contributed by atoms with Crippen LogP contribution in [0.25, 0.3) is 0 Å². The molecule has 0 bridgehead atoms. The van der Waals surface area contributed by atoms with Crippen LogP contribution in [0.3, 0.4) is 0 Å². The van der Waals surface area contributed by atoms with Crippen molar-refractivity contribution in [1.29, 1.82) is 0 Å². The standard InChI is InChI=1S/C16H16N2O3/c1-21-14-9-7-12(8-10-14)11-17-18-16(20)15(19)13-5-3-2-4-6-13/h2-11,15,19H,1H3,(H,18,20)/b17-11-/t15-/m0/s1. The molecule has 2 aromatic carbocycles. The largest absolute Gasteiger partial charge is 0.497 e. The van der Waals surface area contributed by atoms with Crippen LogP contribution in [0.5, 0.6) is 5.75 Å². The van der Waals surface area contributed by atoms with Gasteiger partial charge in [0, 0.05) is 0 Å². The van der Waals surface area contributed by atoms with Crippen molar-refractivity contribution in [2.45, 2.75) is 6.10 Å². The summed E-state index contributed by atoms with van der Waals surface area (Å²) in [6.07, 6.45) is 0.258. The van der Waals surface area contributed by atoms with E-state index in [-0.39, 0.29) is 0 Å². The van der Waals surface area contributed by atoms with E-state index in [9.17, 15) is 9.90 Å². The minimum absolute atomic E-state index is 0.523. The number of nitrogens with one attached hydrogen (secondary N) is 1. The van der Waals surface area contributed by atoms with Gasteiger partial charge in [0.15, 0.2) is 6.10 Å². The molecule has 2 N–H and O–H groups in total. The van der Waals surface area contributed by atoms with E-state index in [2.05, 4.69) is 10.5 Å². The summed E-state index contributed by atoms with van der Waals surface area (Å²) in [5, 5.41) is 13.7. The SMILES string of the molecule is COc1ccc(/C=N\NC(=O)[C@@H](O)c2ccccc2)cc1. The zero-order chi connectivity index (χ0) is 15.1. The Labute approximate surface area is 122 Å². The Kier molecular flexibility index (Phi) is 5.06. The van der Waals surface area contributed by atoms with Gasteiger partial charge in [0.25, 0.3) is 5.91 Å². The van der Waals surface area contributed by atoms with Gasteiger partial charge in [0.05, 0.1) is 13.3 Å². The maximum Gasteiger partial charge on any atom is 0.273 e. The zero-order valence-electron chi connectivity index (χ0n) is 11.6. The molecule has 108 valence electrons. The van der Waals surface area contributed by atoms with Crippen LogP contribution in [0.2, 0.25) is 0 Å². The molecule has 5 nitrogen and oxygen atoms in total. The molecular weight excluding hydrogens is 268 g/mol. The first-order valence-electron chi connectivity index (χ1n) is 6.40. The lowest BCUT2D eigenvalue weighted by Gasteiger charge is -2.08. The highest BCUT2D eigenvalue weighted by Crippen LogP contribution is 2.12. The Morgan fingerprint density at radius 2 is 1.86 bits per heavy atom. The molecule has 0 saturated heterocycles. The summed E-state index contributed by atoms with van der Waals surface area (Å²) >= 11 is 0. The van der Waals surface area contributed by atoms with Crippen LogP contribution in [-0.2, 0) is 4.79 Å². The third-order valence-electron chi connectivity index (χ3n) is 2.87. The van der Waals surface area contributed by atoms with Gasteiger partial charge in [0.2, 0.25) is 0 Å². The molecule has 1 amide bonds. The maximum absolute atomic E-state index is 11.7. The molecule has 0 aliphatic carbocycles. The fourth-order valence-electron chi connectivity index (χ4n) is 1.71. The number of benzene rings is 2. The van der Waals surface area contributed by atoms with Gasteiger partial charge in [-0.3, -0.25) is 4.79 Å². The fraction of sp³-hybridized carbons (Fsp3) is 0.125. The van der Waals surface area contributed by atoms with Crippen LogP contribution >= 0.6 is 0 Å². The third kappa shape index (κ3) is 4.15. The van der Waals surface area contributed by atoms with Crippen LogP contribution in [0.15, 0.2) is 59.7 Å². The number of hydrogen-bond donors (Lipinski definition) is 2. The smallest absolute Gasteiger partial charge is 0.273 e. The van der Waals surface area contributed by atoms with E-state index in [4.69, 9.17) is 4.74 Å². The second-order valence-electron chi connectivity index (χ2n) is 4.32. The van der Waals surface area contributed by atoms with E-state index in [1.54, 1.807) is 43.5 Å². The van der Waals surface area contributed by atoms with E-state index in [0.717, 1.165) is 11.3 Å². The lowest BCUT2D eigenvalue weighted by atomic mass is 10.1. The number of carbonyl (C=O) groups excluding carboxylic acids is 1. The van der Waals surface area contributed by atoms with Crippen LogP contribution in [0, 0.1) is 0 Å². The molecule has 5 heteroatoms. The fourth-order valence-corrected chi connectivity index (χ4v) is 1.71. The first-order valence-corrected chi connectivity index (χ1v) is 6.40. The Bertz CT molecular complexity index is 609. The summed E-state index contributed by atoms with van der Waals surface area (Å²) in [7, 11) is 1.59. The van der Waals surface area contributed by atoms with Gasteiger partial charge in [-0.2, -0.15) is 5.10 Å². The van der Waals surface area contributed by atoms with Gasteiger partial charge >= 0.3 is 0 Å². The van der Waals surface area contributed by atoms with Crippen LogP contribution < -0.4 is 10.2 Å². The molecule has 1 atom stereocenters. The maximum atomic E-state index is 11.7. The van der Waals surface area contributed by atoms with Crippen molar-refractivity contribution in [3.05, 3.63) is 65.7 Å². The summed E-state index contributed by atoms with van der Waals surface area (Å²) in [6, 6.07) is 15.9. The van der Waals surface area contributed by atoms with Crippen LogP contribution in [0.4, 0.5) is 0 Å². The van der Waals surface area contributed by atoms with E-state index in [1.807, 2.05) is 18.2 Å². The van der Waals surface area contributed by atoms with Gasteiger partial charge in [-0.25, -0.2) is 5.43 Å². The predicted octanol–water partition coefficient (Wildman–Crippen LogP) is 1.88. The average Bonchev–Trinajstić information content (AvgIpc) is 2.55. The molecule has 0 unspecified atom stereocenters. The highest BCUT2D eigenvalue weighted by Gasteiger charge is 2.15.